The van der Waals surface area contributed by atoms with Gasteiger partial charge in [-0.2, -0.15) is 0 Å². The summed E-state index contributed by atoms with van der Waals surface area (Å²) in [5, 5.41) is 0. The lowest BCUT2D eigenvalue weighted by Gasteiger charge is -2.35. The molecule has 1 fully saturated rings. The zero-order valence-corrected chi connectivity index (χ0v) is 11.0. The van der Waals surface area contributed by atoms with Crippen LogP contribution in [0.3, 0.4) is 0 Å². The topological polar surface area (TPSA) is 37.4 Å². The molecule has 1 rings (SSSR count). The van der Waals surface area contributed by atoms with Crippen molar-refractivity contribution >= 4 is 19.7 Å². The van der Waals surface area contributed by atoms with E-state index in [1.807, 2.05) is 0 Å². The first-order chi connectivity index (χ1) is 6.88. The SMILES string of the molecule is CC1CCN(CCCS(=O)(=O)Cl)CC1C. The van der Waals surface area contributed by atoms with Crippen molar-refractivity contribution in [3.05, 3.63) is 0 Å². The molecule has 1 heterocycles. The summed E-state index contributed by atoms with van der Waals surface area (Å²) in [6.07, 6.45) is 1.86. The van der Waals surface area contributed by atoms with E-state index in [1.165, 1.54) is 6.42 Å². The molecule has 0 aromatic heterocycles. The van der Waals surface area contributed by atoms with Crippen molar-refractivity contribution in [1.29, 1.82) is 0 Å². The lowest BCUT2D eigenvalue weighted by Crippen LogP contribution is -2.39. The number of rotatable bonds is 4. The Kier molecular flexibility index (Phi) is 4.87. The maximum absolute atomic E-state index is 10.7. The molecule has 90 valence electrons. The Morgan fingerprint density at radius 2 is 2.00 bits per heavy atom. The fraction of sp³-hybridized carbons (Fsp3) is 1.00. The summed E-state index contributed by atoms with van der Waals surface area (Å²) in [7, 11) is 1.85. The van der Waals surface area contributed by atoms with Crippen LogP contribution in [0.4, 0.5) is 0 Å². The van der Waals surface area contributed by atoms with Crippen molar-refractivity contribution in [2.24, 2.45) is 11.8 Å². The first-order valence-corrected chi connectivity index (χ1v) is 8.01. The van der Waals surface area contributed by atoms with E-state index >= 15 is 0 Å². The highest BCUT2D eigenvalue weighted by Crippen LogP contribution is 2.22. The molecule has 2 atom stereocenters. The van der Waals surface area contributed by atoms with E-state index in [1.54, 1.807) is 0 Å². The summed E-state index contributed by atoms with van der Waals surface area (Å²) in [5.41, 5.74) is 0. The highest BCUT2D eigenvalue weighted by atomic mass is 35.7. The third kappa shape index (κ3) is 5.18. The maximum Gasteiger partial charge on any atom is 0.232 e. The molecule has 0 radical (unpaired) electrons. The lowest BCUT2D eigenvalue weighted by molar-refractivity contribution is 0.139. The number of hydrogen-bond acceptors (Lipinski definition) is 3. The first kappa shape index (κ1) is 13.3. The summed E-state index contributed by atoms with van der Waals surface area (Å²) < 4.78 is 21.5. The van der Waals surface area contributed by atoms with Crippen molar-refractivity contribution in [2.75, 3.05) is 25.4 Å². The van der Waals surface area contributed by atoms with Gasteiger partial charge in [0.2, 0.25) is 9.05 Å². The van der Waals surface area contributed by atoms with E-state index in [4.69, 9.17) is 10.7 Å². The minimum Gasteiger partial charge on any atom is -0.303 e. The van der Waals surface area contributed by atoms with Gasteiger partial charge in [-0.1, -0.05) is 13.8 Å². The molecule has 3 nitrogen and oxygen atoms in total. The molecule has 1 saturated heterocycles. The van der Waals surface area contributed by atoms with Crippen LogP contribution in [0.2, 0.25) is 0 Å². The van der Waals surface area contributed by atoms with E-state index < -0.39 is 9.05 Å². The van der Waals surface area contributed by atoms with E-state index in [-0.39, 0.29) is 5.75 Å². The fourth-order valence-electron chi connectivity index (χ4n) is 2.01. The second kappa shape index (κ2) is 5.51. The summed E-state index contributed by atoms with van der Waals surface area (Å²) in [4.78, 5) is 2.34. The Labute approximate surface area is 97.2 Å². The van der Waals surface area contributed by atoms with Gasteiger partial charge in [-0.25, -0.2) is 8.42 Å². The van der Waals surface area contributed by atoms with Crippen molar-refractivity contribution in [3.63, 3.8) is 0 Å². The Balaban J connectivity index is 2.23. The van der Waals surface area contributed by atoms with Gasteiger partial charge in [0, 0.05) is 17.2 Å². The van der Waals surface area contributed by atoms with Gasteiger partial charge in [0.25, 0.3) is 0 Å². The molecule has 1 aliphatic rings. The molecule has 0 amide bonds. The van der Waals surface area contributed by atoms with Gasteiger partial charge >= 0.3 is 0 Å². The quantitative estimate of drug-likeness (QED) is 0.719. The minimum absolute atomic E-state index is 0.0923. The van der Waals surface area contributed by atoms with Crippen molar-refractivity contribution in [3.8, 4) is 0 Å². The second-order valence-electron chi connectivity index (χ2n) is 4.64. The van der Waals surface area contributed by atoms with Crippen LogP contribution in [0, 0.1) is 11.8 Å². The fourth-order valence-corrected chi connectivity index (χ4v) is 2.81. The average Bonchev–Trinajstić information content (AvgIpc) is 2.09. The predicted molar refractivity (Wildman–Crippen MR) is 63.6 cm³/mol. The van der Waals surface area contributed by atoms with E-state index in [9.17, 15) is 8.42 Å². The maximum atomic E-state index is 10.7. The van der Waals surface area contributed by atoms with Crippen LogP contribution in [0.1, 0.15) is 26.7 Å². The van der Waals surface area contributed by atoms with Crippen LogP contribution in [0.5, 0.6) is 0 Å². The standard InChI is InChI=1S/C10H20ClNO2S/c1-9-4-6-12(8-10(9)2)5-3-7-15(11,13)14/h9-10H,3-8H2,1-2H3. The molecule has 0 aromatic rings. The highest BCUT2D eigenvalue weighted by molar-refractivity contribution is 8.13. The van der Waals surface area contributed by atoms with E-state index in [0.29, 0.717) is 12.3 Å². The normalized spacial score (nSPS) is 29.3. The van der Waals surface area contributed by atoms with E-state index in [2.05, 4.69) is 18.7 Å². The molecule has 0 saturated carbocycles. The van der Waals surface area contributed by atoms with Gasteiger partial charge in [0.15, 0.2) is 0 Å². The summed E-state index contributed by atoms with van der Waals surface area (Å²) in [5.74, 6) is 1.60. The molecule has 2 unspecified atom stereocenters. The van der Waals surface area contributed by atoms with Crippen LogP contribution < -0.4 is 0 Å². The largest absolute Gasteiger partial charge is 0.303 e. The number of likely N-dealkylation sites (tertiary alicyclic amines) is 1. The van der Waals surface area contributed by atoms with Crippen molar-refractivity contribution < 1.29 is 8.42 Å². The molecular formula is C10H20ClNO2S. The van der Waals surface area contributed by atoms with Gasteiger partial charge in [0.1, 0.15) is 0 Å². The number of piperidine rings is 1. The number of halogens is 1. The van der Waals surface area contributed by atoms with Gasteiger partial charge in [-0.15, -0.1) is 0 Å². The molecule has 0 bridgehead atoms. The van der Waals surface area contributed by atoms with Gasteiger partial charge < -0.3 is 4.90 Å². The molecular weight excluding hydrogens is 234 g/mol. The summed E-state index contributed by atoms with van der Waals surface area (Å²) in [6.45, 7) is 7.57. The van der Waals surface area contributed by atoms with Crippen molar-refractivity contribution in [1.82, 2.24) is 4.90 Å². The Hall–Kier alpha value is 0.200. The van der Waals surface area contributed by atoms with Gasteiger partial charge in [-0.3, -0.25) is 0 Å². The third-order valence-corrected chi connectivity index (χ3v) is 4.52. The van der Waals surface area contributed by atoms with Crippen LogP contribution in [-0.4, -0.2) is 38.7 Å². The number of nitrogens with zero attached hydrogens (tertiary/aromatic N) is 1. The number of hydrogen-bond donors (Lipinski definition) is 0. The van der Waals surface area contributed by atoms with E-state index in [0.717, 1.165) is 25.6 Å². The van der Waals surface area contributed by atoms with Crippen LogP contribution >= 0.6 is 10.7 Å². The van der Waals surface area contributed by atoms with Crippen LogP contribution in [-0.2, 0) is 9.05 Å². The monoisotopic (exact) mass is 253 g/mol. The average molecular weight is 254 g/mol. The third-order valence-electron chi connectivity index (χ3n) is 3.28. The Morgan fingerprint density at radius 1 is 1.33 bits per heavy atom. The first-order valence-electron chi connectivity index (χ1n) is 5.53. The smallest absolute Gasteiger partial charge is 0.232 e. The molecule has 0 aliphatic carbocycles. The Morgan fingerprint density at radius 3 is 2.53 bits per heavy atom. The lowest BCUT2D eigenvalue weighted by atomic mass is 9.89. The Bertz CT molecular complexity index is 292. The molecule has 0 N–H and O–H groups in total. The van der Waals surface area contributed by atoms with Gasteiger partial charge in [-0.05, 0) is 37.8 Å². The predicted octanol–water partition coefficient (Wildman–Crippen LogP) is 1.92. The minimum atomic E-state index is -3.30. The summed E-state index contributed by atoms with van der Waals surface area (Å²) in [6, 6.07) is 0. The molecule has 5 heteroatoms. The highest BCUT2D eigenvalue weighted by Gasteiger charge is 2.22. The molecule has 1 aliphatic heterocycles. The second-order valence-corrected chi connectivity index (χ2v) is 7.54. The zero-order valence-electron chi connectivity index (χ0n) is 9.45. The van der Waals surface area contributed by atoms with Crippen LogP contribution in [0.25, 0.3) is 0 Å². The van der Waals surface area contributed by atoms with Crippen LogP contribution in [0.15, 0.2) is 0 Å². The molecule has 0 aromatic carbocycles. The summed E-state index contributed by atoms with van der Waals surface area (Å²) >= 11 is 0. The molecule has 0 spiro atoms. The van der Waals surface area contributed by atoms with Gasteiger partial charge in [0.05, 0.1) is 5.75 Å². The van der Waals surface area contributed by atoms with Crippen molar-refractivity contribution in [2.45, 2.75) is 26.7 Å². The zero-order chi connectivity index (χ0) is 11.5. The molecule has 15 heavy (non-hydrogen) atoms.